The highest BCUT2D eigenvalue weighted by molar-refractivity contribution is 6.17. The summed E-state index contributed by atoms with van der Waals surface area (Å²) < 4.78 is 16.7. The van der Waals surface area contributed by atoms with Crippen LogP contribution in [0.1, 0.15) is 12.8 Å². The first-order valence-electron chi connectivity index (χ1n) is 4.32. The first-order valence-corrected chi connectivity index (χ1v) is 4.85. The molecule has 0 amide bonds. The number of rotatable bonds is 9. The number of alkyl halides is 2. The lowest BCUT2D eigenvalue weighted by molar-refractivity contribution is 0.146. The number of ether oxygens (including phenoxy) is 1. The number of nitrogens with one attached hydrogen (secondary N) is 1. The monoisotopic (exact) mass is 197 g/mol. The van der Waals surface area contributed by atoms with Gasteiger partial charge < -0.3 is 10.1 Å². The highest BCUT2D eigenvalue weighted by Gasteiger charge is 1.89. The van der Waals surface area contributed by atoms with Crippen LogP contribution in [-0.4, -0.2) is 38.9 Å². The minimum atomic E-state index is -0.240. The van der Waals surface area contributed by atoms with Gasteiger partial charge in [0.2, 0.25) is 0 Å². The van der Waals surface area contributed by atoms with Gasteiger partial charge in [-0.25, -0.2) is 0 Å². The topological polar surface area (TPSA) is 21.3 Å². The van der Waals surface area contributed by atoms with Gasteiger partial charge in [0.1, 0.15) is 0 Å². The second-order valence-corrected chi connectivity index (χ2v) is 2.83. The molecule has 0 aliphatic rings. The van der Waals surface area contributed by atoms with Crippen molar-refractivity contribution in [2.24, 2.45) is 0 Å². The summed E-state index contributed by atoms with van der Waals surface area (Å²) in [6.45, 7) is 2.76. The van der Waals surface area contributed by atoms with E-state index >= 15 is 0 Å². The molecule has 2 nitrogen and oxygen atoms in total. The summed E-state index contributed by atoms with van der Waals surface area (Å²) >= 11 is 5.40. The first-order chi connectivity index (χ1) is 5.91. The Labute approximate surface area is 78.4 Å². The van der Waals surface area contributed by atoms with E-state index < -0.39 is 0 Å². The van der Waals surface area contributed by atoms with E-state index in [4.69, 9.17) is 16.3 Å². The minimum Gasteiger partial charge on any atom is -0.380 e. The molecule has 0 heterocycles. The Morgan fingerprint density at radius 3 is 2.58 bits per heavy atom. The normalized spacial score (nSPS) is 10.5. The zero-order chi connectivity index (χ0) is 9.07. The highest BCUT2D eigenvalue weighted by atomic mass is 35.5. The Hall–Kier alpha value is 0.140. The van der Waals surface area contributed by atoms with E-state index in [1.54, 1.807) is 0 Å². The molecule has 74 valence electrons. The maximum absolute atomic E-state index is 11.6. The summed E-state index contributed by atoms with van der Waals surface area (Å²) in [5.74, 6) is 0.551. The lowest BCUT2D eigenvalue weighted by Crippen LogP contribution is -2.18. The highest BCUT2D eigenvalue weighted by Crippen LogP contribution is 1.83. The van der Waals surface area contributed by atoms with Crippen molar-refractivity contribution in [3.05, 3.63) is 0 Å². The number of halogens is 2. The largest absolute Gasteiger partial charge is 0.380 e. The fourth-order valence-electron chi connectivity index (χ4n) is 0.773. The van der Waals surface area contributed by atoms with Crippen LogP contribution in [0.2, 0.25) is 0 Å². The molecule has 0 unspecified atom stereocenters. The molecule has 0 saturated heterocycles. The molecule has 0 aromatic heterocycles. The first kappa shape index (κ1) is 12.1. The third-order valence-corrected chi connectivity index (χ3v) is 1.51. The molecule has 0 aliphatic heterocycles. The van der Waals surface area contributed by atoms with Crippen molar-refractivity contribution < 1.29 is 9.13 Å². The second kappa shape index (κ2) is 11.1. The van der Waals surface area contributed by atoms with E-state index in [9.17, 15) is 4.39 Å². The molecule has 12 heavy (non-hydrogen) atoms. The van der Waals surface area contributed by atoms with Crippen LogP contribution in [0.15, 0.2) is 0 Å². The smallest absolute Gasteiger partial charge is 0.0906 e. The van der Waals surface area contributed by atoms with Gasteiger partial charge in [-0.05, 0) is 25.9 Å². The van der Waals surface area contributed by atoms with Crippen molar-refractivity contribution in [2.75, 3.05) is 38.9 Å². The fourth-order valence-corrected chi connectivity index (χ4v) is 0.882. The molecule has 0 atom stereocenters. The average Bonchev–Trinajstić information content (AvgIpc) is 2.10. The zero-order valence-electron chi connectivity index (χ0n) is 7.32. The predicted molar refractivity (Wildman–Crippen MR) is 49.6 cm³/mol. The maximum atomic E-state index is 11.6. The van der Waals surface area contributed by atoms with Gasteiger partial charge in [-0.1, -0.05) is 0 Å². The van der Waals surface area contributed by atoms with Crippen molar-refractivity contribution in [3.63, 3.8) is 0 Å². The molecule has 0 radical (unpaired) electrons. The molecule has 0 aliphatic carbocycles. The van der Waals surface area contributed by atoms with Crippen LogP contribution < -0.4 is 5.32 Å². The van der Waals surface area contributed by atoms with Gasteiger partial charge in [0, 0.05) is 12.5 Å². The Bertz CT molecular complexity index is 75.5. The van der Waals surface area contributed by atoms with E-state index in [0.29, 0.717) is 18.9 Å². The number of hydrogen-bond acceptors (Lipinski definition) is 2. The zero-order valence-corrected chi connectivity index (χ0v) is 8.08. The third kappa shape index (κ3) is 10.1. The molecular weight excluding hydrogens is 181 g/mol. The summed E-state index contributed by atoms with van der Waals surface area (Å²) in [5.41, 5.74) is 0. The Kier molecular flexibility index (Phi) is 11.3. The van der Waals surface area contributed by atoms with Gasteiger partial charge in [-0.15, -0.1) is 11.6 Å². The summed E-state index contributed by atoms with van der Waals surface area (Å²) in [4.78, 5) is 0. The average molecular weight is 198 g/mol. The van der Waals surface area contributed by atoms with Crippen molar-refractivity contribution >= 4 is 11.6 Å². The van der Waals surface area contributed by atoms with E-state index in [2.05, 4.69) is 5.32 Å². The summed E-state index contributed by atoms with van der Waals surface area (Å²) in [7, 11) is 0. The van der Waals surface area contributed by atoms with E-state index in [0.717, 1.165) is 26.1 Å². The van der Waals surface area contributed by atoms with E-state index in [-0.39, 0.29) is 6.67 Å². The van der Waals surface area contributed by atoms with Crippen LogP contribution in [-0.2, 0) is 4.74 Å². The van der Waals surface area contributed by atoms with Gasteiger partial charge in [0.25, 0.3) is 0 Å². The molecule has 0 bridgehead atoms. The summed E-state index contributed by atoms with van der Waals surface area (Å²) in [5, 5.41) is 3.11. The lowest BCUT2D eigenvalue weighted by Gasteiger charge is -2.03. The molecular formula is C8H17ClFNO. The molecule has 0 spiro atoms. The van der Waals surface area contributed by atoms with Crippen molar-refractivity contribution in [1.82, 2.24) is 5.32 Å². The molecule has 0 saturated carbocycles. The Morgan fingerprint density at radius 1 is 1.17 bits per heavy atom. The quantitative estimate of drug-likeness (QED) is 0.448. The van der Waals surface area contributed by atoms with Crippen LogP contribution in [0.5, 0.6) is 0 Å². The van der Waals surface area contributed by atoms with E-state index in [1.165, 1.54) is 0 Å². The fraction of sp³-hybridized carbons (Fsp3) is 1.00. The second-order valence-electron chi connectivity index (χ2n) is 2.45. The molecule has 1 N–H and O–H groups in total. The van der Waals surface area contributed by atoms with Crippen molar-refractivity contribution in [3.8, 4) is 0 Å². The van der Waals surface area contributed by atoms with Crippen LogP contribution in [0.4, 0.5) is 4.39 Å². The molecule has 0 aromatic rings. The van der Waals surface area contributed by atoms with Gasteiger partial charge in [0.15, 0.2) is 0 Å². The molecule has 0 rings (SSSR count). The van der Waals surface area contributed by atoms with Crippen LogP contribution in [0.3, 0.4) is 0 Å². The van der Waals surface area contributed by atoms with Crippen molar-refractivity contribution in [1.29, 1.82) is 0 Å². The van der Waals surface area contributed by atoms with E-state index in [1.807, 2.05) is 0 Å². The summed E-state index contributed by atoms with van der Waals surface area (Å²) in [6, 6.07) is 0. The van der Waals surface area contributed by atoms with Crippen LogP contribution in [0.25, 0.3) is 0 Å². The van der Waals surface area contributed by atoms with Gasteiger partial charge in [0.05, 0.1) is 13.3 Å². The SMILES string of the molecule is FCCCNCCCOCCCl. The minimum absolute atomic E-state index is 0.240. The number of hydrogen-bond donors (Lipinski definition) is 1. The molecule has 4 heteroatoms. The Balaban J connectivity index is 2.73. The van der Waals surface area contributed by atoms with Gasteiger partial charge in [-0.3, -0.25) is 4.39 Å². The summed E-state index contributed by atoms with van der Waals surface area (Å²) in [6.07, 6.45) is 1.56. The third-order valence-electron chi connectivity index (χ3n) is 1.35. The van der Waals surface area contributed by atoms with Crippen LogP contribution in [0, 0.1) is 0 Å². The Morgan fingerprint density at radius 2 is 1.92 bits per heavy atom. The van der Waals surface area contributed by atoms with Crippen LogP contribution >= 0.6 is 11.6 Å². The standard InChI is InChI=1S/C8H17ClFNO/c9-3-8-12-7-2-6-11-5-1-4-10/h11H,1-8H2. The van der Waals surface area contributed by atoms with Gasteiger partial charge >= 0.3 is 0 Å². The maximum Gasteiger partial charge on any atom is 0.0906 e. The molecule has 0 fully saturated rings. The van der Waals surface area contributed by atoms with Gasteiger partial charge in [-0.2, -0.15) is 0 Å². The lowest BCUT2D eigenvalue weighted by atomic mass is 10.4. The predicted octanol–water partition coefficient (Wildman–Crippen LogP) is 1.58. The van der Waals surface area contributed by atoms with Crippen molar-refractivity contribution in [2.45, 2.75) is 12.8 Å². The molecule has 0 aromatic carbocycles.